The van der Waals surface area contributed by atoms with Crippen molar-refractivity contribution in [3.05, 3.63) is 35.9 Å². The zero-order valence-electron chi connectivity index (χ0n) is 11.1. The van der Waals surface area contributed by atoms with Crippen LogP contribution in [0.3, 0.4) is 0 Å². The molecule has 1 aromatic carbocycles. The lowest BCUT2D eigenvalue weighted by atomic mass is 9.90. The maximum absolute atomic E-state index is 11.6. The van der Waals surface area contributed by atoms with Crippen LogP contribution in [0.15, 0.2) is 30.3 Å². The Labute approximate surface area is 109 Å². The number of ether oxygens (including phenoxy) is 1. The number of hydrogen-bond donors (Lipinski definition) is 1. The summed E-state index contributed by atoms with van der Waals surface area (Å²) in [5, 5.41) is 3.52. The second-order valence-electron chi connectivity index (χ2n) is 4.99. The van der Waals surface area contributed by atoms with Gasteiger partial charge in [0.25, 0.3) is 0 Å². The number of rotatable bonds is 4. The average Bonchev–Trinajstić information content (AvgIpc) is 2.40. The molecule has 0 bridgehead atoms. The Hall–Kier alpha value is -1.19. The predicted octanol–water partition coefficient (Wildman–Crippen LogP) is 2.33. The number of ketones is 1. The molecule has 1 heterocycles. The van der Waals surface area contributed by atoms with Crippen LogP contribution in [0.4, 0.5) is 0 Å². The zero-order chi connectivity index (χ0) is 13.0. The molecular weight excluding hydrogens is 226 g/mol. The highest BCUT2D eigenvalue weighted by atomic mass is 16.5. The lowest BCUT2D eigenvalue weighted by Crippen LogP contribution is -2.47. The van der Waals surface area contributed by atoms with Crippen molar-refractivity contribution in [3.63, 3.8) is 0 Å². The lowest BCUT2D eigenvalue weighted by Gasteiger charge is -2.33. The van der Waals surface area contributed by atoms with Crippen molar-refractivity contribution >= 4 is 5.78 Å². The molecule has 0 spiro atoms. The summed E-state index contributed by atoms with van der Waals surface area (Å²) in [6.45, 7) is 5.13. The van der Waals surface area contributed by atoms with Gasteiger partial charge in [0, 0.05) is 24.6 Å². The Kier molecular flexibility index (Phi) is 4.50. The van der Waals surface area contributed by atoms with E-state index in [1.807, 2.05) is 18.2 Å². The van der Waals surface area contributed by atoms with Gasteiger partial charge in [-0.15, -0.1) is 0 Å². The fourth-order valence-electron chi connectivity index (χ4n) is 2.55. The minimum Gasteiger partial charge on any atom is -0.380 e. The van der Waals surface area contributed by atoms with Gasteiger partial charge in [0.2, 0.25) is 0 Å². The highest BCUT2D eigenvalue weighted by Gasteiger charge is 2.30. The molecule has 2 rings (SSSR count). The molecule has 0 aromatic heterocycles. The Balaban J connectivity index is 2.01. The normalized spacial score (nSPS) is 25.7. The molecule has 0 amide bonds. The van der Waals surface area contributed by atoms with E-state index in [1.165, 1.54) is 5.56 Å². The summed E-state index contributed by atoms with van der Waals surface area (Å²) in [5.41, 5.74) is 1.24. The second kappa shape index (κ2) is 6.12. The van der Waals surface area contributed by atoms with Gasteiger partial charge in [0.1, 0.15) is 5.78 Å². The maximum Gasteiger partial charge on any atom is 0.134 e. The van der Waals surface area contributed by atoms with Gasteiger partial charge in [0.15, 0.2) is 0 Å². The Morgan fingerprint density at radius 1 is 1.39 bits per heavy atom. The van der Waals surface area contributed by atoms with Gasteiger partial charge in [-0.3, -0.25) is 4.79 Å². The van der Waals surface area contributed by atoms with Crippen molar-refractivity contribution in [2.45, 2.75) is 32.4 Å². The monoisotopic (exact) mass is 247 g/mol. The first-order chi connectivity index (χ1) is 8.68. The summed E-state index contributed by atoms with van der Waals surface area (Å²) >= 11 is 0. The van der Waals surface area contributed by atoms with Crippen LogP contribution < -0.4 is 5.32 Å². The number of nitrogens with one attached hydrogen (secondary N) is 1. The molecule has 98 valence electrons. The van der Waals surface area contributed by atoms with Gasteiger partial charge in [0.05, 0.1) is 6.61 Å². The third kappa shape index (κ3) is 3.18. The van der Waals surface area contributed by atoms with Crippen LogP contribution >= 0.6 is 0 Å². The fraction of sp³-hybridized carbons (Fsp3) is 0.533. The van der Waals surface area contributed by atoms with Crippen LogP contribution in [0.2, 0.25) is 0 Å². The number of Topliss-reactive ketones (excluding diaryl/α,β-unsaturated/α-hetero) is 1. The largest absolute Gasteiger partial charge is 0.380 e. The van der Waals surface area contributed by atoms with Crippen molar-refractivity contribution in [1.82, 2.24) is 5.32 Å². The minimum atomic E-state index is 0.0879. The van der Waals surface area contributed by atoms with E-state index in [0.717, 1.165) is 6.42 Å². The van der Waals surface area contributed by atoms with Crippen molar-refractivity contribution in [3.8, 4) is 0 Å². The summed E-state index contributed by atoms with van der Waals surface area (Å²) in [5.74, 6) is 0.348. The van der Waals surface area contributed by atoms with Gasteiger partial charge in [-0.25, -0.2) is 0 Å². The zero-order valence-corrected chi connectivity index (χ0v) is 11.1. The smallest absolute Gasteiger partial charge is 0.134 e. The average molecular weight is 247 g/mol. The van der Waals surface area contributed by atoms with E-state index in [9.17, 15) is 4.79 Å². The van der Waals surface area contributed by atoms with Gasteiger partial charge < -0.3 is 10.1 Å². The summed E-state index contributed by atoms with van der Waals surface area (Å²) in [7, 11) is 0. The molecule has 18 heavy (non-hydrogen) atoms. The first-order valence-corrected chi connectivity index (χ1v) is 6.57. The molecular formula is C15H21NO2. The Morgan fingerprint density at radius 3 is 2.78 bits per heavy atom. The summed E-state index contributed by atoms with van der Waals surface area (Å²) in [6, 6.07) is 10.7. The second-order valence-corrected chi connectivity index (χ2v) is 4.99. The molecule has 3 heteroatoms. The van der Waals surface area contributed by atoms with Gasteiger partial charge in [-0.2, -0.15) is 0 Å². The fourth-order valence-corrected chi connectivity index (χ4v) is 2.55. The first-order valence-electron chi connectivity index (χ1n) is 6.57. The van der Waals surface area contributed by atoms with Crippen LogP contribution in [0.25, 0.3) is 0 Å². The van der Waals surface area contributed by atoms with Crippen molar-refractivity contribution < 1.29 is 9.53 Å². The van der Waals surface area contributed by atoms with E-state index in [1.54, 1.807) is 6.92 Å². The van der Waals surface area contributed by atoms with E-state index in [-0.39, 0.29) is 23.8 Å². The van der Waals surface area contributed by atoms with E-state index in [2.05, 4.69) is 24.4 Å². The predicted molar refractivity (Wildman–Crippen MR) is 71.4 cm³/mol. The number of carbonyl (C=O) groups excluding carboxylic acids is 1. The van der Waals surface area contributed by atoms with E-state index >= 15 is 0 Å². The van der Waals surface area contributed by atoms with Gasteiger partial charge in [-0.05, 0) is 25.8 Å². The van der Waals surface area contributed by atoms with E-state index in [4.69, 9.17) is 4.74 Å². The summed E-state index contributed by atoms with van der Waals surface area (Å²) in [6.07, 6.45) is 0.828. The van der Waals surface area contributed by atoms with Crippen LogP contribution in [0.1, 0.15) is 31.9 Å². The molecule has 0 aliphatic carbocycles. The number of carbonyl (C=O) groups is 1. The quantitative estimate of drug-likeness (QED) is 0.887. The van der Waals surface area contributed by atoms with Crippen LogP contribution in [-0.4, -0.2) is 25.0 Å². The molecule has 1 fully saturated rings. The highest BCUT2D eigenvalue weighted by Crippen LogP contribution is 2.20. The molecule has 1 aliphatic heterocycles. The number of benzene rings is 1. The molecule has 1 saturated heterocycles. The standard InChI is InChI=1S/C15H21NO2/c1-11(13-6-4-3-5-7-13)16-15-10-18-9-8-14(15)12(2)17/h3-7,11,14-16H,8-10H2,1-2H3. The van der Waals surface area contributed by atoms with Gasteiger partial charge >= 0.3 is 0 Å². The molecule has 0 saturated carbocycles. The SMILES string of the molecule is CC(=O)C1CCOCC1NC(C)c1ccccc1. The molecule has 1 aliphatic rings. The minimum absolute atomic E-state index is 0.0879. The Bertz CT molecular complexity index is 391. The van der Waals surface area contributed by atoms with Crippen molar-refractivity contribution in [2.75, 3.05) is 13.2 Å². The van der Waals surface area contributed by atoms with Crippen molar-refractivity contribution in [1.29, 1.82) is 0 Å². The van der Waals surface area contributed by atoms with E-state index < -0.39 is 0 Å². The third-order valence-corrected chi connectivity index (χ3v) is 3.64. The third-order valence-electron chi connectivity index (χ3n) is 3.64. The molecule has 3 atom stereocenters. The van der Waals surface area contributed by atoms with E-state index in [0.29, 0.717) is 13.2 Å². The van der Waals surface area contributed by atoms with Crippen LogP contribution in [0.5, 0.6) is 0 Å². The molecule has 3 unspecified atom stereocenters. The first kappa shape index (κ1) is 13.2. The summed E-state index contributed by atoms with van der Waals surface area (Å²) < 4.78 is 5.48. The molecule has 1 N–H and O–H groups in total. The number of hydrogen-bond acceptors (Lipinski definition) is 3. The van der Waals surface area contributed by atoms with Gasteiger partial charge in [-0.1, -0.05) is 30.3 Å². The molecule has 3 nitrogen and oxygen atoms in total. The molecule has 1 aromatic rings. The Morgan fingerprint density at radius 2 is 2.11 bits per heavy atom. The highest BCUT2D eigenvalue weighted by molar-refractivity contribution is 5.79. The summed E-state index contributed by atoms with van der Waals surface area (Å²) in [4.78, 5) is 11.6. The van der Waals surface area contributed by atoms with Crippen molar-refractivity contribution in [2.24, 2.45) is 5.92 Å². The topological polar surface area (TPSA) is 38.3 Å². The van der Waals surface area contributed by atoms with Crippen LogP contribution in [-0.2, 0) is 9.53 Å². The van der Waals surface area contributed by atoms with Crippen LogP contribution in [0, 0.1) is 5.92 Å². The molecule has 0 radical (unpaired) electrons. The maximum atomic E-state index is 11.6. The lowest BCUT2D eigenvalue weighted by molar-refractivity contribution is -0.125.